The van der Waals surface area contributed by atoms with Crippen molar-refractivity contribution < 1.29 is 13.2 Å². The Bertz CT molecular complexity index is 677. The summed E-state index contributed by atoms with van der Waals surface area (Å²) in [6.45, 7) is 5.17. The molecule has 1 aliphatic heterocycles. The number of piperidine rings is 1. The van der Waals surface area contributed by atoms with E-state index in [1.54, 1.807) is 27.2 Å². The summed E-state index contributed by atoms with van der Waals surface area (Å²) in [6.07, 6.45) is 2.34. The van der Waals surface area contributed by atoms with Crippen LogP contribution in [0, 0.1) is 0 Å². The van der Waals surface area contributed by atoms with Gasteiger partial charge in [-0.3, -0.25) is 4.99 Å². The van der Waals surface area contributed by atoms with Crippen molar-refractivity contribution >= 4 is 27.3 Å². The molecule has 0 saturated carbocycles. The Morgan fingerprint density at radius 3 is 2.64 bits per heavy atom. The van der Waals surface area contributed by atoms with Crippen molar-refractivity contribution in [2.24, 2.45) is 4.99 Å². The molecule has 0 radical (unpaired) electrons. The molecule has 0 bridgehead atoms. The number of ether oxygens (including phenoxy) is 1. The highest BCUT2D eigenvalue weighted by atomic mass is 32.2. The van der Waals surface area contributed by atoms with Gasteiger partial charge in [0.15, 0.2) is 5.96 Å². The van der Waals surface area contributed by atoms with Crippen LogP contribution in [0.25, 0.3) is 0 Å². The Balaban J connectivity index is 1.91. The molecule has 0 aromatic carbocycles. The van der Waals surface area contributed by atoms with Crippen LogP contribution < -0.4 is 5.32 Å². The fraction of sp³-hybridized carbons (Fsp3) is 0.688. The lowest BCUT2D eigenvalue weighted by molar-refractivity contribution is 0.0263. The number of thiophene rings is 1. The number of nitrogens with one attached hydrogen (secondary N) is 1. The highest BCUT2D eigenvalue weighted by Crippen LogP contribution is 2.23. The van der Waals surface area contributed by atoms with Crippen molar-refractivity contribution in [1.82, 2.24) is 14.5 Å². The molecule has 0 unspecified atom stereocenters. The first kappa shape index (κ1) is 20.2. The molecule has 1 fully saturated rings. The molecule has 142 valence electrons. The predicted octanol–water partition coefficient (Wildman–Crippen LogP) is 1.57. The van der Waals surface area contributed by atoms with Gasteiger partial charge in [0.2, 0.25) is 0 Å². The largest absolute Gasteiger partial charge is 0.378 e. The topological polar surface area (TPSA) is 74.2 Å². The fourth-order valence-electron chi connectivity index (χ4n) is 2.74. The molecule has 1 aromatic rings. The van der Waals surface area contributed by atoms with Gasteiger partial charge >= 0.3 is 0 Å². The number of likely N-dealkylation sites (tertiary alicyclic amines) is 1. The third kappa shape index (κ3) is 5.16. The quantitative estimate of drug-likeness (QED) is 0.592. The van der Waals surface area contributed by atoms with Crippen molar-refractivity contribution in [3.8, 4) is 0 Å². The Morgan fingerprint density at radius 2 is 2.08 bits per heavy atom. The number of sulfonamides is 1. The fourth-order valence-corrected chi connectivity index (χ4v) is 5.20. The molecular weight excluding hydrogens is 360 g/mol. The van der Waals surface area contributed by atoms with E-state index in [0.717, 1.165) is 43.4 Å². The molecule has 7 nitrogen and oxygen atoms in total. The predicted molar refractivity (Wildman–Crippen MR) is 102 cm³/mol. The lowest BCUT2D eigenvalue weighted by atomic mass is 10.1. The molecule has 1 saturated heterocycles. The van der Waals surface area contributed by atoms with Gasteiger partial charge in [0.05, 0.1) is 12.6 Å². The first-order chi connectivity index (χ1) is 11.9. The van der Waals surface area contributed by atoms with Crippen molar-refractivity contribution in [2.75, 3.05) is 40.8 Å². The van der Waals surface area contributed by atoms with Crippen LogP contribution in [0.2, 0.25) is 0 Å². The van der Waals surface area contributed by atoms with E-state index in [-0.39, 0.29) is 0 Å². The second-order valence-electron chi connectivity index (χ2n) is 6.05. The van der Waals surface area contributed by atoms with Crippen molar-refractivity contribution in [3.05, 3.63) is 17.0 Å². The van der Waals surface area contributed by atoms with Gasteiger partial charge in [0.25, 0.3) is 10.0 Å². The Kier molecular flexibility index (Phi) is 7.24. The van der Waals surface area contributed by atoms with E-state index in [1.807, 2.05) is 13.0 Å². The van der Waals surface area contributed by atoms with E-state index in [1.165, 1.54) is 15.6 Å². The Morgan fingerprint density at radius 1 is 1.40 bits per heavy atom. The molecule has 1 aromatic heterocycles. The molecule has 1 aliphatic rings. The third-order valence-electron chi connectivity index (χ3n) is 4.15. The smallest absolute Gasteiger partial charge is 0.252 e. The summed E-state index contributed by atoms with van der Waals surface area (Å²) >= 11 is 1.29. The van der Waals surface area contributed by atoms with E-state index in [2.05, 4.69) is 15.2 Å². The number of nitrogens with zero attached hydrogens (tertiary/aromatic N) is 3. The van der Waals surface area contributed by atoms with Gasteiger partial charge in [0, 0.05) is 45.7 Å². The third-order valence-corrected chi connectivity index (χ3v) is 7.52. The minimum Gasteiger partial charge on any atom is -0.378 e. The summed E-state index contributed by atoms with van der Waals surface area (Å²) in [6, 6.07) is 3.51. The van der Waals surface area contributed by atoms with Gasteiger partial charge < -0.3 is 15.0 Å². The highest BCUT2D eigenvalue weighted by molar-refractivity contribution is 7.91. The zero-order valence-corrected chi connectivity index (χ0v) is 17.0. The van der Waals surface area contributed by atoms with E-state index >= 15 is 0 Å². The zero-order valence-electron chi connectivity index (χ0n) is 15.4. The van der Waals surface area contributed by atoms with Gasteiger partial charge in [-0.1, -0.05) is 0 Å². The van der Waals surface area contributed by atoms with E-state index < -0.39 is 10.0 Å². The average Bonchev–Trinajstić information content (AvgIpc) is 3.06. The standard InChI is InChI=1S/C16H28N4O3S2/c1-5-23-13-8-10-20(11-9-13)16(17-2)18-12-14-6-7-15(24-14)25(21,22)19(3)4/h6-7,13H,5,8-12H2,1-4H3,(H,17,18). The number of aliphatic imine (C=N–C) groups is 1. The number of rotatable bonds is 6. The van der Waals surface area contributed by atoms with Crippen molar-refractivity contribution in [3.63, 3.8) is 0 Å². The van der Waals surface area contributed by atoms with Crippen LogP contribution in [0.15, 0.2) is 21.3 Å². The summed E-state index contributed by atoms with van der Waals surface area (Å²) in [4.78, 5) is 7.54. The molecule has 0 aliphatic carbocycles. The number of hydrogen-bond donors (Lipinski definition) is 1. The first-order valence-electron chi connectivity index (χ1n) is 8.47. The Hall–Kier alpha value is -1.16. The summed E-state index contributed by atoms with van der Waals surface area (Å²) in [5.74, 6) is 0.848. The second kappa shape index (κ2) is 8.98. The van der Waals surface area contributed by atoms with Crippen molar-refractivity contribution in [2.45, 2.75) is 36.6 Å². The normalized spacial score (nSPS) is 17.3. The van der Waals surface area contributed by atoms with Gasteiger partial charge in [-0.15, -0.1) is 11.3 Å². The molecule has 0 amide bonds. The number of hydrogen-bond acceptors (Lipinski definition) is 5. The maximum Gasteiger partial charge on any atom is 0.252 e. The second-order valence-corrected chi connectivity index (χ2v) is 9.60. The lowest BCUT2D eigenvalue weighted by Gasteiger charge is -2.34. The van der Waals surface area contributed by atoms with Gasteiger partial charge in [-0.05, 0) is 31.9 Å². The average molecular weight is 389 g/mol. The minimum atomic E-state index is -3.36. The first-order valence-corrected chi connectivity index (χ1v) is 10.7. The van der Waals surface area contributed by atoms with E-state index in [4.69, 9.17) is 4.74 Å². The molecule has 2 heterocycles. The summed E-state index contributed by atoms with van der Waals surface area (Å²) < 4.78 is 31.6. The lowest BCUT2D eigenvalue weighted by Crippen LogP contribution is -2.46. The maximum atomic E-state index is 12.1. The van der Waals surface area contributed by atoms with Gasteiger partial charge in [-0.25, -0.2) is 12.7 Å². The molecule has 9 heteroatoms. The molecule has 2 rings (SSSR count). The summed E-state index contributed by atoms with van der Waals surface area (Å²) in [7, 11) is 1.49. The van der Waals surface area contributed by atoms with Crippen LogP contribution in [-0.2, 0) is 21.3 Å². The van der Waals surface area contributed by atoms with Crippen LogP contribution in [0.3, 0.4) is 0 Å². The van der Waals surface area contributed by atoms with E-state index in [0.29, 0.717) is 16.9 Å². The Labute approximate surface area is 154 Å². The summed E-state index contributed by atoms with van der Waals surface area (Å²) in [5.41, 5.74) is 0. The molecule has 25 heavy (non-hydrogen) atoms. The summed E-state index contributed by atoms with van der Waals surface area (Å²) in [5, 5.41) is 3.33. The highest BCUT2D eigenvalue weighted by Gasteiger charge is 2.22. The maximum absolute atomic E-state index is 12.1. The van der Waals surface area contributed by atoms with E-state index in [9.17, 15) is 8.42 Å². The molecule has 0 atom stereocenters. The van der Waals surface area contributed by atoms with Gasteiger partial charge in [-0.2, -0.15) is 0 Å². The van der Waals surface area contributed by atoms with Crippen LogP contribution >= 0.6 is 11.3 Å². The monoisotopic (exact) mass is 388 g/mol. The SMILES string of the molecule is CCOC1CCN(C(=NC)NCc2ccc(S(=O)(=O)N(C)C)s2)CC1. The number of guanidine groups is 1. The van der Waals surface area contributed by atoms with Crippen molar-refractivity contribution in [1.29, 1.82) is 0 Å². The van der Waals surface area contributed by atoms with Crippen LogP contribution in [-0.4, -0.2) is 70.5 Å². The zero-order chi connectivity index (χ0) is 18.4. The molecular formula is C16H28N4O3S2. The van der Waals surface area contributed by atoms with Crippen LogP contribution in [0.5, 0.6) is 0 Å². The van der Waals surface area contributed by atoms with Crippen LogP contribution in [0.1, 0.15) is 24.6 Å². The minimum absolute atomic E-state index is 0.343. The van der Waals surface area contributed by atoms with Gasteiger partial charge in [0.1, 0.15) is 4.21 Å². The molecule has 0 spiro atoms. The molecule has 1 N–H and O–H groups in total. The van der Waals surface area contributed by atoms with Crippen LogP contribution in [0.4, 0.5) is 0 Å².